The predicted octanol–water partition coefficient (Wildman–Crippen LogP) is 3.46. The van der Waals surface area contributed by atoms with Crippen LogP contribution in [0.25, 0.3) is 10.9 Å². The largest absolute Gasteiger partial charge is 0.478 e. The first-order valence-electron chi connectivity index (χ1n) is 7.36. The highest BCUT2D eigenvalue weighted by molar-refractivity contribution is 6.04. The molecular formula is C17H23NO3. The van der Waals surface area contributed by atoms with E-state index in [9.17, 15) is 9.90 Å². The number of rotatable bonds is 5. The molecular weight excluding hydrogens is 266 g/mol. The van der Waals surface area contributed by atoms with Gasteiger partial charge < -0.3 is 14.8 Å². The van der Waals surface area contributed by atoms with Crippen molar-refractivity contribution in [1.82, 2.24) is 4.57 Å². The highest BCUT2D eigenvalue weighted by atomic mass is 16.4. The number of aliphatic hydroxyl groups is 1. The van der Waals surface area contributed by atoms with Gasteiger partial charge in [0.2, 0.25) is 0 Å². The monoisotopic (exact) mass is 289 g/mol. The molecule has 0 radical (unpaired) electrons. The van der Waals surface area contributed by atoms with Crippen molar-refractivity contribution in [2.24, 2.45) is 0 Å². The molecule has 4 nitrogen and oxygen atoms in total. The van der Waals surface area contributed by atoms with Crippen molar-refractivity contribution in [3.63, 3.8) is 0 Å². The van der Waals surface area contributed by atoms with E-state index in [1.807, 2.05) is 18.4 Å². The van der Waals surface area contributed by atoms with Crippen molar-refractivity contribution in [1.29, 1.82) is 0 Å². The zero-order valence-corrected chi connectivity index (χ0v) is 13.1. The van der Waals surface area contributed by atoms with Crippen molar-refractivity contribution < 1.29 is 15.0 Å². The van der Waals surface area contributed by atoms with E-state index >= 15 is 0 Å². The average Bonchev–Trinajstić information content (AvgIpc) is 2.67. The van der Waals surface area contributed by atoms with E-state index in [4.69, 9.17) is 5.11 Å². The lowest BCUT2D eigenvalue weighted by atomic mass is 9.97. The number of hydrogen-bond donors (Lipinski definition) is 2. The quantitative estimate of drug-likeness (QED) is 0.886. The molecule has 0 saturated heterocycles. The molecule has 21 heavy (non-hydrogen) atoms. The highest BCUT2D eigenvalue weighted by Gasteiger charge is 2.21. The van der Waals surface area contributed by atoms with E-state index in [2.05, 4.69) is 19.9 Å². The Kier molecular flexibility index (Phi) is 4.37. The van der Waals surface area contributed by atoms with E-state index < -0.39 is 5.97 Å². The molecule has 2 rings (SSSR count). The van der Waals surface area contributed by atoms with Crippen molar-refractivity contribution in [2.45, 2.75) is 46.6 Å². The lowest BCUT2D eigenvalue weighted by Gasteiger charge is -2.10. The third kappa shape index (κ3) is 2.68. The van der Waals surface area contributed by atoms with Gasteiger partial charge in [-0.1, -0.05) is 13.8 Å². The Labute approximate surface area is 125 Å². The summed E-state index contributed by atoms with van der Waals surface area (Å²) in [6.07, 6.45) is 0.620. The standard InChI is InChI=1S/C17H23NO3/c1-10(2)15-12(4)18(6-5-7-19)16-13(15)8-11(3)9-14(16)17(20)21/h8-10,19H,5-7H2,1-4H3,(H,20,21). The number of aromatic nitrogens is 1. The van der Waals surface area contributed by atoms with Crippen molar-refractivity contribution >= 4 is 16.9 Å². The van der Waals surface area contributed by atoms with Crippen LogP contribution in [0.15, 0.2) is 12.1 Å². The van der Waals surface area contributed by atoms with Crippen LogP contribution in [-0.4, -0.2) is 27.4 Å². The summed E-state index contributed by atoms with van der Waals surface area (Å²) in [7, 11) is 0. The fourth-order valence-corrected chi connectivity index (χ4v) is 3.18. The molecule has 4 heteroatoms. The number of aliphatic hydroxyl groups excluding tert-OH is 1. The second kappa shape index (κ2) is 5.90. The number of carbonyl (C=O) groups is 1. The molecule has 1 heterocycles. The molecule has 0 saturated carbocycles. The lowest BCUT2D eigenvalue weighted by molar-refractivity contribution is 0.0698. The molecule has 0 amide bonds. The van der Waals surface area contributed by atoms with E-state index in [1.54, 1.807) is 6.07 Å². The third-order valence-corrected chi connectivity index (χ3v) is 3.96. The van der Waals surface area contributed by atoms with Crippen LogP contribution >= 0.6 is 0 Å². The Morgan fingerprint density at radius 1 is 1.29 bits per heavy atom. The van der Waals surface area contributed by atoms with Crippen LogP contribution in [-0.2, 0) is 6.54 Å². The first kappa shape index (κ1) is 15.6. The summed E-state index contributed by atoms with van der Waals surface area (Å²) in [4.78, 5) is 11.6. The van der Waals surface area contributed by atoms with Crippen LogP contribution in [0.3, 0.4) is 0 Å². The Balaban J connectivity index is 2.87. The van der Waals surface area contributed by atoms with Gasteiger partial charge in [-0.25, -0.2) is 4.79 Å². The van der Waals surface area contributed by atoms with E-state index in [0.29, 0.717) is 24.4 Å². The molecule has 2 N–H and O–H groups in total. The summed E-state index contributed by atoms with van der Waals surface area (Å²) in [6, 6.07) is 3.79. The SMILES string of the molecule is Cc1cc(C(=O)O)c2c(c1)c(C(C)C)c(C)n2CCCO. The summed E-state index contributed by atoms with van der Waals surface area (Å²) >= 11 is 0. The minimum Gasteiger partial charge on any atom is -0.478 e. The van der Waals surface area contributed by atoms with Gasteiger partial charge in [0.25, 0.3) is 0 Å². The maximum Gasteiger partial charge on any atom is 0.337 e. The van der Waals surface area contributed by atoms with Gasteiger partial charge in [0.1, 0.15) is 0 Å². The number of nitrogens with zero attached hydrogens (tertiary/aromatic N) is 1. The molecule has 0 unspecified atom stereocenters. The highest BCUT2D eigenvalue weighted by Crippen LogP contribution is 2.34. The second-order valence-electron chi connectivity index (χ2n) is 5.90. The summed E-state index contributed by atoms with van der Waals surface area (Å²) < 4.78 is 2.05. The molecule has 114 valence electrons. The molecule has 0 bridgehead atoms. The van der Waals surface area contributed by atoms with Gasteiger partial charge in [0, 0.05) is 24.2 Å². The summed E-state index contributed by atoms with van der Waals surface area (Å²) in [5.74, 6) is -0.576. The van der Waals surface area contributed by atoms with Gasteiger partial charge >= 0.3 is 5.97 Å². The van der Waals surface area contributed by atoms with Crippen LogP contribution in [0.5, 0.6) is 0 Å². The number of benzene rings is 1. The van der Waals surface area contributed by atoms with Gasteiger partial charge in [0.15, 0.2) is 0 Å². The van der Waals surface area contributed by atoms with Gasteiger partial charge in [-0.15, -0.1) is 0 Å². The van der Waals surface area contributed by atoms with E-state index in [-0.39, 0.29) is 6.61 Å². The van der Waals surface area contributed by atoms with Gasteiger partial charge in [-0.2, -0.15) is 0 Å². The fourth-order valence-electron chi connectivity index (χ4n) is 3.18. The molecule has 0 atom stereocenters. The molecule has 0 spiro atoms. The molecule has 0 aliphatic heterocycles. The zero-order valence-electron chi connectivity index (χ0n) is 13.1. The smallest absolute Gasteiger partial charge is 0.337 e. The number of aryl methyl sites for hydroxylation is 2. The van der Waals surface area contributed by atoms with Gasteiger partial charge in [-0.05, 0) is 49.4 Å². The van der Waals surface area contributed by atoms with Crippen molar-refractivity contribution in [3.05, 3.63) is 34.5 Å². The Hall–Kier alpha value is -1.81. The van der Waals surface area contributed by atoms with Gasteiger partial charge in [0.05, 0.1) is 11.1 Å². The topological polar surface area (TPSA) is 62.5 Å². The first-order valence-corrected chi connectivity index (χ1v) is 7.36. The van der Waals surface area contributed by atoms with E-state index in [0.717, 1.165) is 22.2 Å². The number of carboxylic acids is 1. The lowest BCUT2D eigenvalue weighted by Crippen LogP contribution is -2.07. The Bertz CT molecular complexity index is 683. The van der Waals surface area contributed by atoms with Crippen LogP contribution in [0.4, 0.5) is 0 Å². The van der Waals surface area contributed by atoms with Crippen LogP contribution in [0, 0.1) is 13.8 Å². The van der Waals surface area contributed by atoms with Gasteiger partial charge in [-0.3, -0.25) is 0 Å². The molecule has 0 aliphatic carbocycles. The Morgan fingerprint density at radius 3 is 2.48 bits per heavy atom. The first-order chi connectivity index (χ1) is 9.88. The van der Waals surface area contributed by atoms with Crippen molar-refractivity contribution in [2.75, 3.05) is 6.61 Å². The molecule has 0 aliphatic rings. The second-order valence-corrected chi connectivity index (χ2v) is 5.90. The maximum atomic E-state index is 11.6. The number of carboxylic acid groups (broad SMARTS) is 1. The predicted molar refractivity (Wildman–Crippen MR) is 84.2 cm³/mol. The zero-order chi connectivity index (χ0) is 15.7. The normalized spacial score (nSPS) is 11.5. The molecule has 1 aromatic carbocycles. The van der Waals surface area contributed by atoms with Crippen LogP contribution in [0.1, 0.15) is 53.4 Å². The average molecular weight is 289 g/mol. The number of fused-ring (bicyclic) bond motifs is 1. The molecule has 2 aromatic rings. The minimum absolute atomic E-state index is 0.102. The number of hydrogen-bond acceptors (Lipinski definition) is 2. The molecule has 0 fully saturated rings. The Morgan fingerprint density at radius 2 is 1.95 bits per heavy atom. The van der Waals surface area contributed by atoms with Crippen LogP contribution < -0.4 is 0 Å². The number of aromatic carboxylic acids is 1. The minimum atomic E-state index is -0.901. The summed E-state index contributed by atoms with van der Waals surface area (Å²) in [6.45, 7) is 8.95. The van der Waals surface area contributed by atoms with E-state index in [1.165, 1.54) is 5.56 Å². The van der Waals surface area contributed by atoms with Crippen LogP contribution in [0.2, 0.25) is 0 Å². The molecule has 1 aromatic heterocycles. The fraction of sp³-hybridized carbons (Fsp3) is 0.471. The summed E-state index contributed by atoms with van der Waals surface area (Å²) in [5.41, 5.74) is 4.39. The summed E-state index contributed by atoms with van der Waals surface area (Å²) in [5, 5.41) is 19.7. The van der Waals surface area contributed by atoms with Crippen molar-refractivity contribution in [3.8, 4) is 0 Å². The maximum absolute atomic E-state index is 11.6. The third-order valence-electron chi connectivity index (χ3n) is 3.96.